The number of rotatable bonds is 5. The largest absolute Gasteiger partial charge is 0.392 e. The van der Waals surface area contributed by atoms with Gasteiger partial charge in [0.1, 0.15) is 0 Å². The molecule has 0 bridgehead atoms. The summed E-state index contributed by atoms with van der Waals surface area (Å²) in [5.74, 6) is 0. The van der Waals surface area contributed by atoms with Crippen LogP contribution in [0.25, 0.3) is 0 Å². The Morgan fingerprint density at radius 2 is 1.56 bits per heavy atom. The predicted molar refractivity (Wildman–Crippen MR) is 77.1 cm³/mol. The molecular weight excluding hydrogens is 290 g/mol. The van der Waals surface area contributed by atoms with E-state index in [4.69, 9.17) is 5.11 Å². The van der Waals surface area contributed by atoms with Gasteiger partial charge in [0.25, 0.3) is 0 Å². The fourth-order valence-electron chi connectivity index (χ4n) is 1.75. The summed E-state index contributed by atoms with van der Waals surface area (Å²) in [6.45, 7) is 1.76. The Labute approximate surface area is 116 Å². The highest BCUT2D eigenvalue weighted by atomic mass is 79.9. The predicted octanol–water partition coefficient (Wildman–Crippen LogP) is 3.23. The molecule has 0 radical (unpaired) electrons. The van der Waals surface area contributed by atoms with E-state index in [2.05, 4.69) is 27.3 Å². The summed E-state index contributed by atoms with van der Waals surface area (Å²) in [4.78, 5) is 0. The van der Waals surface area contributed by atoms with Crippen molar-refractivity contribution in [2.75, 3.05) is 0 Å². The molecule has 0 aliphatic rings. The van der Waals surface area contributed by atoms with Gasteiger partial charge in [-0.15, -0.1) is 0 Å². The second-order valence-corrected chi connectivity index (χ2v) is 5.02. The third-order valence-electron chi connectivity index (χ3n) is 2.81. The van der Waals surface area contributed by atoms with Crippen molar-refractivity contribution in [1.29, 1.82) is 0 Å². The minimum atomic E-state index is 0.102. The number of hydrogen-bond donors (Lipinski definition) is 2. The monoisotopic (exact) mass is 305 g/mol. The van der Waals surface area contributed by atoms with Crippen molar-refractivity contribution in [2.24, 2.45) is 0 Å². The van der Waals surface area contributed by atoms with Gasteiger partial charge in [0.2, 0.25) is 0 Å². The molecule has 0 atom stereocenters. The van der Waals surface area contributed by atoms with E-state index >= 15 is 0 Å². The Morgan fingerprint density at radius 1 is 0.889 bits per heavy atom. The lowest BCUT2D eigenvalue weighted by atomic mass is 10.1. The van der Waals surface area contributed by atoms with Crippen molar-refractivity contribution in [1.82, 2.24) is 5.32 Å². The standard InChI is InChI=1S/C15H16BrNO/c16-15-4-2-1-3-14(15)10-17-9-12-5-7-13(11-18)8-6-12/h1-8,17-18H,9-11H2. The van der Waals surface area contributed by atoms with Crippen LogP contribution in [0.3, 0.4) is 0 Å². The van der Waals surface area contributed by atoms with E-state index in [1.165, 1.54) is 11.1 Å². The molecule has 0 heterocycles. The zero-order valence-corrected chi connectivity index (χ0v) is 11.7. The molecule has 0 aromatic heterocycles. The van der Waals surface area contributed by atoms with Crippen molar-refractivity contribution in [3.05, 3.63) is 69.7 Å². The Kier molecular flexibility index (Phi) is 4.93. The molecule has 0 fully saturated rings. The van der Waals surface area contributed by atoms with Crippen LogP contribution in [0, 0.1) is 0 Å². The highest BCUT2D eigenvalue weighted by Gasteiger charge is 1.98. The molecule has 2 nitrogen and oxygen atoms in total. The lowest BCUT2D eigenvalue weighted by Gasteiger charge is -2.07. The van der Waals surface area contributed by atoms with Crippen LogP contribution in [0.5, 0.6) is 0 Å². The average Bonchev–Trinajstić information content (AvgIpc) is 2.42. The molecule has 2 aromatic rings. The Balaban J connectivity index is 1.86. The first-order valence-corrected chi connectivity index (χ1v) is 6.71. The number of aliphatic hydroxyl groups is 1. The van der Waals surface area contributed by atoms with E-state index in [0.29, 0.717) is 0 Å². The lowest BCUT2D eigenvalue weighted by molar-refractivity contribution is 0.282. The van der Waals surface area contributed by atoms with Gasteiger partial charge in [0.05, 0.1) is 6.61 Å². The van der Waals surface area contributed by atoms with Crippen molar-refractivity contribution in [2.45, 2.75) is 19.7 Å². The van der Waals surface area contributed by atoms with Gasteiger partial charge in [-0.25, -0.2) is 0 Å². The summed E-state index contributed by atoms with van der Waals surface area (Å²) in [5, 5.41) is 12.4. The third kappa shape index (κ3) is 3.67. The van der Waals surface area contributed by atoms with E-state index in [9.17, 15) is 0 Å². The van der Waals surface area contributed by atoms with E-state index in [1.807, 2.05) is 42.5 Å². The smallest absolute Gasteiger partial charge is 0.0681 e. The molecule has 0 amide bonds. The molecule has 94 valence electrons. The fourth-order valence-corrected chi connectivity index (χ4v) is 2.17. The Hall–Kier alpha value is -1.16. The first kappa shape index (κ1) is 13.3. The Bertz CT molecular complexity index is 496. The highest BCUT2D eigenvalue weighted by Crippen LogP contribution is 2.15. The molecule has 2 rings (SSSR count). The molecule has 0 saturated carbocycles. The molecule has 2 aromatic carbocycles. The zero-order chi connectivity index (χ0) is 12.8. The number of hydrogen-bond acceptors (Lipinski definition) is 2. The van der Waals surface area contributed by atoms with Crippen molar-refractivity contribution in [3.8, 4) is 0 Å². The fraction of sp³-hybridized carbons (Fsp3) is 0.200. The molecule has 0 aliphatic carbocycles. The van der Waals surface area contributed by atoms with Crippen LogP contribution in [-0.4, -0.2) is 5.11 Å². The minimum absolute atomic E-state index is 0.102. The summed E-state index contributed by atoms with van der Waals surface area (Å²) in [6.07, 6.45) is 0. The van der Waals surface area contributed by atoms with Gasteiger partial charge in [-0.2, -0.15) is 0 Å². The molecule has 0 unspecified atom stereocenters. The number of nitrogens with one attached hydrogen (secondary N) is 1. The number of aliphatic hydroxyl groups excluding tert-OH is 1. The maximum Gasteiger partial charge on any atom is 0.0681 e. The second kappa shape index (κ2) is 6.69. The summed E-state index contributed by atoms with van der Waals surface area (Å²) in [7, 11) is 0. The van der Waals surface area contributed by atoms with Crippen LogP contribution in [0.4, 0.5) is 0 Å². The lowest BCUT2D eigenvalue weighted by Crippen LogP contribution is -2.12. The average molecular weight is 306 g/mol. The SMILES string of the molecule is OCc1ccc(CNCc2ccccc2Br)cc1. The first-order valence-electron chi connectivity index (χ1n) is 5.92. The minimum Gasteiger partial charge on any atom is -0.392 e. The van der Waals surface area contributed by atoms with Gasteiger partial charge in [-0.3, -0.25) is 0 Å². The quantitative estimate of drug-likeness (QED) is 0.889. The van der Waals surface area contributed by atoms with Gasteiger partial charge < -0.3 is 10.4 Å². The van der Waals surface area contributed by atoms with Gasteiger partial charge in [0.15, 0.2) is 0 Å². The summed E-state index contributed by atoms with van der Waals surface area (Å²) in [6, 6.07) is 16.2. The van der Waals surface area contributed by atoms with Crippen LogP contribution in [-0.2, 0) is 19.7 Å². The molecule has 0 aliphatic heterocycles. The van der Waals surface area contributed by atoms with Gasteiger partial charge in [-0.05, 0) is 22.8 Å². The molecule has 2 N–H and O–H groups in total. The molecule has 0 spiro atoms. The Morgan fingerprint density at radius 3 is 2.22 bits per heavy atom. The zero-order valence-electron chi connectivity index (χ0n) is 10.1. The number of halogens is 1. The highest BCUT2D eigenvalue weighted by molar-refractivity contribution is 9.10. The summed E-state index contributed by atoms with van der Waals surface area (Å²) >= 11 is 3.53. The second-order valence-electron chi connectivity index (χ2n) is 4.17. The van der Waals surface area contributed by atoms with Gasteiger partial charge in [0, 0.05) is 17.6 Å². The van der Waals surface area contributed by atoms with Crippen LogP contribution in [0.15, 0.2) is 53.0 Å². The first-order chi connectivity index (χ1) is 8.79. The van der Waals surface area contributed by atoms with Gasteiger partial charge >= 0.3 is 0 Å². The van der Waals surface area contributed by atoms with Crippen molar-refractivity contribution < 1.29 is 5.11 Å². The van der Waals surface area contributed by atoms with E-state index < -0.39 is 0 Å². The van der Waals surface area contributed by atoms with Crippen LogP contribution < -0.4 is 5.32 Å². The number of benzene rings is 2. The van der Waals surface area contributed by atoms with Crippen LogP contribution >= 0.6 is 15.9 Å². The topological polar surface area (TPSA) is 32.3 Å². The molecular formula is C15H16BrNO. The van der Waals surface area contributed by atoms with Gasteiger partial charge in [-0.1, -0.05) is 58.4 Å². The maximum absolute atomic E-state index is 8.96. The summed E-state index contributed by atoms with van der Waals surface area (Å²) < 4.78 is 1.13. The van der Waals surface area contributed by atoms with E-state index in [0.717, 1.165) is 23.1 Å². The normalized spacial score (nSPS) is 10.6. The summed E-state index contributed by atoms with van der Waals surface area (Å²) in [5.41, 5.74) is 3.42. The van der Waals surface area contributed by atoms with Crippen LogP contribution in [0.1, 0.15) is 16.7 Å². The van der Waals surface area contributed by atoms with Crippen molar-refractivity contribution in [3.63, 3.8) is 0 Å². The maximum atomic E-state index is 8.96. The molecule has 3 heteroatoms. The van der Waals surface area contributed by atoms with Crippen molar-refractivity contribution >= 4 is 15.9 Å². The van der Waals surface area contributed by atoms with E-state index in [1.54, 1.807) is 0 Å². The van der Waals surface area contributed by atoms with E-state index in [-0.39, 0.29) is 6.61 Å². The van der Waals surface area contributed by atoms with Crippen LogP contribution in [0.2, 0.25) is 0 Å². The molecule has 0 saturated heterocycles. The third-order valence-corrected chi connectivity index (χ3v) is 3.58. The molecule has 18 heavy (non-hydrogen) atoms.